The molecule has 0 fully saturated rings. The van der Waals surface area contributed by atoms with E-state index in [4.69, 9.17) is 11.5 Å². The Hall–Kier alpha value is -2.04. The van der Waals surface area contributed by atoms with E-state index in [1.807, 2.05) is 0 Å². The number of nitrogens with two attached hydrogens (primary N) is 2. The highest BCUT2D eigenvalue weighted by Gasteiger charge is 2.09. The lowest BCUT2D eigenvalue weighted by molar-refractivity contribution is -0.117. The summed E-state index contributed by atoms with van der Waals surface area (Å²) in [6, 6.07) is 5.13. The molecule has 0 aliphatic rings. The summed E-state index contributed by atoms with van der Waals surface area (Å²) in [5.41, 5.74) is 12.5. The van der Waals surface area contributed by atoms with Crippen LogP contribution in [0.3, 0.4) is 0 Å². The maximum atomic E-state index is 11.7. The first-order valence-electron chi connectivity index (χ1n) is 4.94. The Morgan fingerprint density at radius 3 is 2.69 bits per heavy atom. The molecule has 0 spiro atoms. The molecule has 5 N–H and O–H groups in total. The molecule has 0 radical (unpaired) electrons. The van der Waals surface area contributed by atoms with Crippen molar-refractivity contribution in [2.75, 3.05) is 12.3 Å². The number of anilines is 1. The van der Waals surface area contributed by atoms with E-state index in [9.17, 15) is 9.59 Å². The maximum absolute atomic E-state index is 11.7. The van der Waals surface area contributed by atoms with Crippen LogP contribution in [-0.4, -0.2) is 18.4 Å². The molecule has 0 saturated heterocycles. The zero-order valence-corrected chi connectivity index (χ0v) is 9.12. The van der Waals surface area contributed by atoms with Gasteiger partial charge in [0.25, 0.3) is 5.91 Å². The van der Waals surface area contributed by atoms with E-state index in [2.05, 4.69) is 5.32 Å². The van der Waals surface area contributed by atoms with Crippen molar-refractivity contribution in [3.05, 3.63) is 29.3 Å². The van der Waals surface area contributed by atoms with E-state index < -0.39 is 5.91 Å². The van der Waals surface area contributed by atoms with Gasteiger partial charge < -0.3 is 16.8 Å². The molecular weight excluding hydrogens is 206 g/mol. The number of benzene rings is 1. The lowest BCUT2D eigenvalue weighted by Crippen LogP contribution is -2.28. The first kappa shape index (κ1) is 12.0. The first-order chi connectivity index (χ1) is 7.52. The van der Waals surface area contributed by atoms with Crippen molar-refractivity contribution in [3.63, 3.8) is 0 Å². The van der Waals surface area contributed by atoms with E-state index in [-0.39, 0.29) is 18.9 Å². The smallest absolute Gasteiger partial charge is 0.251 e. The average molecular weight is 221 g/mol. The Labute approximate surface area is 93.8 Å². The molecule has 0 bridgehead atoms. The summed E-state index contributed by atoms with van der Waals surface area (Å²) in [6.07, 6.45) is 0.132. The fourth-order valence-electron chi connectivity index (χ4n) is 1.29. The highest BCUT2D eigenvalue weighted by molar-refractivity contribution is 5.97. The van der Waals surface area contributed by atoms with Crippen LogP contribution in [0.1, 0.15) is 22.3 Å². The lowest BCUT2D eigenvalue weighted by Gasteiger charge is -2.08. The molecule has 0 heterocycles. The molecule has 1 aromatic carbocycles. The molecule has 0 saturated carbocycles. The van der Waals surface area contributed by atoms with E-state index in [1.165, 1.54) is 0 Å². The van der Waals surface area contributed by atoms with Crippen molar-refractivity contribution in [3.8, 4) is 0 Å². The van der Waals surface area contributed by atoms with Gasteiger partial charge >= 0.3 is 0 Å². The summed E-state index contributed by atoms with van der Waals surface area (Å²) in [6.45, 7) is 2.01. The molecule has 5 heteroatoms. The summed E-state index contributed by atoms with van der Waals surface area (Å²) < 4.78 is 0. The summed E-state index contributed by atoms with van der Waals surface area (Å²) >= 11 is 0. The van der Waals surface area contributed by atoms with Crippen LogP contribution in [0, 0.1) is 6.92 Å². The lowest BCUT2D eigenvalue weighted by atomic mass is 10.1. The number of nitrogen functional groups attached to an aromatic ring is 1. The van der Waals surface area contributed by atoms with Gasteiger partial charge in [-0.1, -0.05) is 6.07 Å². The summed E-state index contributed by atoms with van der Waals surface area (Å²) in [5, 5.41) is 2.60. The van der Waals surface area contributed by atoms with Crippen LogP contribution >= 0.6 is 0 Å². The minimum absolute atomic E-state index is 0.132. The number of carbonyl (C=O) groups is 2. The van der Waals surface area contributed by atoms with Crippen LogP contribution in [0.5, 0.6) is 0 Å². The first-order valence-corrected chi connectivity index (χ1v) is 4.94. The standard InChI is InChI=1S/C11H15N3O2/c1-7-8(3-2-4-9(7)12)11(16)14-6-5-10(13)15/h2-4H,5-6,12H2,1H3,(H2,13,15)(H,14,16). The predicted molar refractivity (Wildman–Crippen MR) is 61.7 cm³/mol. The van der Waals surface area contributed by atoms with Crippen LogP contribution < -0.4 is 16.8 Å². The Kier molecular flexibility index (Phi) is 3.88. The molecule has 86 valence electrons. The second kappa shape index (κ2) is 5.16. The van der Waals surface area contributed by atoms with Crippen molar-refractivity contribution in [2.45, 2.75) is 13.3 Å². The Morgan fingerprint density at radius 2 is 2.06 bits per heavy atom. The maximum Gasteiger partial charge on any atom is 0.251 e. The van der Waals surface area contributed by atoms with Gasteiger partial charge in [0.15, 0.2) is 0 Å². The number of primary amides is 1. The van der Waals surface area contributed by atoms with Gasteiger partial charge in [-0.25, -0.2) is 0 Å². The van der Waals surface area contributed by atoms with Gasteiger partial charge in [-0.3, -0.25) is 9.59 Å². The van der Waals surface area contributed by atoms with Gasteiger partial charge in [0.05, 0.1) is 0 Å². The van der Waals surface area contributed by atoms with E-state index >= 15 is 0 Å². The van der Waals surface area contributed by atoms with Crippen LogP contribution in [-0.2, 0) is 4.79 Å². The minimum atomic E-state index is -0.440. The average Bonchev–Trinajstić information content (AvgIpc) is 2.21. The number of nitrogens with one attached hydrogen (secondary N) is 1. The highest BCUT2D eigenvalue weighted by atomic mass is 16.2. The van der Waals surface area contributed by atoms with Gasteiger partial charge in [-0.05, 0) is 24.6 Å². The Balaban J connectivity index is 2.66. The molecule has 1 aromatic rings. The number of hydrogen-bond acceptors (Lipinski definition) is 3. The van der Waals surface area contributed by atoms with Crippen LogP contribution in [0.2, 0.25) is 0 Å². The number of hydrogen-bond donors (Lipinski definition) is 3. The van der Waals surface area contributed by atoms with E-state index in [1.54, 1.807) is 25.1 Å². The third kappa shape index (κ3) is 2.98. The van der Waals surface area contributed by atoms with Gasteiger partial charge in [0.2, 0.25) is 5.91 Å². The van der Waals surface area contributed by atoms with Crippen molar-refractivity contribution in [1.82, 2.24) is 5.32 Å². The fraction of sp³-hybridized carbons (Fsp3) is 0.273. The van der Waals surface area contributed by atoms with Crippen LogP contribution in [0.25, 0.3) is 0 Å². The second-order valence-electron chi connectivity index (χ2n) is 3.49. The molecule has 2 amide bonds. The minimum Gasteiger partial charge on any atom is -0.398 e. The summed E-state index contributed by atoms with van der Waals surface area (Å²) in [4.78, 5) is 22.2. The molecule has 0 aromatic heterocycles. The van der Waals surface area contributed by atoms with Crippen molar-refractivity contribution in [2.24, 2.45) is 5.73 Å². The topological polar surface area (TPSA) is 98.2 Å². The largest absolute Gasteiger partial charge is 0.398 e. The second-order valence-corrected chi connectivity index (χ2v) is 3.49. The molecule has 16 heavy (non-hydrogen) atoms. The third-order valence-corrected chi connectivity index (χ3v) is 2.28. The van der Waals surface area contributed by atoms with Crippen molar-refractivity contribution in [1.29, 1.82) is 0 Å². The third-order valence-electron chi connectivity index (χ3n) is 2.28. The number of carbonyl (C=O) groups excluding carboxylic acids is 2. The molecule has 0 aliphatic heterocycles. The predicted octanol–water partition coefficient (Wildman–Crippen LogP) is 0.182. The molecule has 1 rings (SSSR count). The van der Waals surface area contributed by atoms with Crippen LogP contribution in [0.15, 0.2) is 18.2 Å². The highest BCUT2D eigenvalue weighted by Crippen LogP contribution is 2.14. The Bertz CT molecular complexity index is 416. The zero-order chi connectivity index (χ0) is 12.1. The quantitative estimate of drug-likeness (QED) is 0.632. The van der Waals surface area contributed by atoms with Crippen LogP contribution in [0.4, 0.5) is 5.69 Å². The number of amides is 2. The van der Waals surface area contributed by atoms with Gasteiger partial charge in [0, 0.05) is 24.2 Å². The van der Waals surface area contributed by atoms with Gasteiger partial charge in [0.1, 0.15) is 0 Å². The van der Waals surface area contributed by atoms with E-state index in [0.29, 0.717) is 11.3 Å². The van der Waals surface area contributed by atoms with Gasteiger partial charge in [-0.2, -0.15) is 0 Å². The molecule has 0 atom stereocenters. The molecule has 0 unspecified atom stereocenters. The van der Waals surface area contributed by atoms with E-state index in [0.717, 1.165) is 5.56 Å². The molecular formula is C11H15N3O2. The Morgan fingerprint density at radius 1 is 1.38 bits per heavy atom. The normalized spacial score (nSPS) is 9.81. The molecule has 5 nitrogen and oxygen atoms in total. The fourth-order valence-corrected chi connectivity index (χ4v) is 1.29. The monoisotopic (exact) mass is 221 g/mol. The molecule has 0 aliphatic carbocycles. The summed E-state index contributed by atoms with van der Waals surface area (Å²) in [7, 11) is 0. The number of rotatable bonds is 4. The van der Waals surface area contributed by atoms with Gasteiger partial charge in [-0.15, -0.1) is 0 Å². The van der Waals surface area contributed by atoms with Crippen molar-refractivity contribution < 1.29 is 9.59 Å². The SMILES string of the molecule is Cc1c(N)cccc1C(=O)NCCC(N)=O. The summed E-state index contributed by atoms with van der Waals surface area (Å²) in [5.74, 6) is -0.685. The zero-order valence-electron chi connectivity index (χ0n) is 9.12. The van der Waals surface area contributed by atoms with Crippen molar-refractivity contribution >= 4 is 17.5 Å².